The number of benzene rings is 1. The third-order valence-corrected chi connectivity index (χ3v) is 3.65. The smallest absolute Gasteiger partial charge is 0.331 e. The number of Topliss-reactive ketones (excluding diaryl/α,β-unsaturated/α-hetero) is 1. The van der Waals surface area contributed by atoms with Crippen LogP contribution in [0.4, 0.5) is 4.39 Å². The number of hydrazine groups is 1. The first-order valence-corrected chi connectivity index (χ1v) is 6.67. The Labute approximate surface area is 128 Å². The number of nitrogens with one attached hydrogen (secondary N) is 1. The Kier molecular flexibility index (Phi) is 4.29. The molecule has 0 fully saturated rings. The van der Waals surface area contributed by atoms with Crippen LogP contribution in [0.25, 0.3) is 5.70 Å². The number of carbonyl (C=O) groups excluding carboxylic acids is 1. The van der Waals surface area contributed by atoms with Crippen LogP contribution in [0, 0.1) is 5.82 Å². The first-order valence-electron chi connectivity index (χ1n) is 5.87. The standard InChI is InChI=1S/C13H12BrFN2O4/c1-17-10(13(19)20)11(18)12(21-2)9(16-17)6-4-3-5-7(14)8(6)15/h3-5,10,16H,1-2H3,(H,19,20). The van der Waals surface area contributed by atoms with E-state index >= 15 is 0 Å². The molecule has 0 aromatic heterocycles. The number of ether oxygens (including phenoxy) is 1. The summed E-state index contributed by atoms with van der Waals surface area (Å²) in [7, 11) is 2.62. The van der Waals surface area contributed by atoms with E-state index in [2.05, 4.69) is 21.4 Å². The van der Waals surface area contributed by atoms with Crippen molar-refractivity contribution in [3.63, 3.8) is 0 Å². The van der Waals surface area contributed by atoms with Gasteiger partial charge in [0.2, 0.25) is 5.78 Å². The van der Waals surface area contributed by atoms with E-state index in [9.17, 15) is 14.0 Å². The topological polar surface area (TPSA) is 78.9 Å². The predicted octanol–water partition coefficient (Wildman–Crippen LogP) is 1.38. The second-order valence-corrected chi connectivity index (χ2v) is 5.19. The van der Waals surface area contributed by atoms with Crippen molar-refractivity contribution in [1.29, 1.82) is 0 Å². The molecule has 0 radical (unpaired) electrons. The van der Waals surface area contributed by atoms with Crippen molar-refractivity contribution in [2.24, 2.45) is 0 Å². The van der Waals surface area contributed by atoms with Gasteiger partial charge in [-0.25, -0.2) is 14.2 Å². The van der Waals surface area contributed by atoms with Crippen molar-refractivity contribution in [3.8, 4) is 0 Å². The quantitative estimate of drug-likeness (QED) is 0.794. The molecule has 1 unspecified atom stereocenters. The van der Waals surface area contributed by atoms with Gasteiger partial charge in [0, 0.05) is 12.6 Å². The maximum absolute atomic E-state index is 14.2. The number of rotatable bonds is 3. The molecule has 1 atom stereocenters. The molecule has 0 saturated carbocycles. The van der Waals surface area contributed by atoms with Crippen molar-refractivity contribution in [2.45, 2.75) is 6.04 Å². The van der Waals surface area contributed by atoms with Gasteiger partial charge in [-0.15, -0.1) is 0 Å². The second kappa shape index (κ2) is 5.82. The van der Waals surface area contributed by atoms with E-state index in [4.69, 9.17) is 9.84 Å². The summed E-state index contributed by atoms with van der Waals surface area (Å²) in [5.41, 5.74) is 2.88. The van der Waals surface area contributed by atoms with Crippen molar-refractivity contribution >= 4 is 33.4 Å². The molecular weight excluding hydrogens is 347 g/mol. The number of aliphatic carboxylic acids is 1. The molecule has 0 spiro atoms. The number of methoxy groups -OCH3 is 1. The van der Waals surface area contributed by atoms with Crippen molar-refractivity contribution < 1.29 is 23.8 Å². The maximum atomic E-state index is 14.2. The van der Waals surface area contributed by atoms with Gasteiger partial charge in [-0.3, -0.25) is 4.79 Å². The zero-order valence-electron chi connectivity index (χ0n) is 11.2. The highest BCUT2D eigenvalue weighted by atomic mass is 79.9. The minimum absolute atomic E-state index is 0.0845. The minimum atomic E-state index is -1.43. The molecule has 0 aliphatic carbocycles. The van der Waals surface area contributed by atoms with Crippen LogP contribution in [-0.4, -0.2) is 42.1 Å². The van der Waals surface area contributed by atoms with Crippen LogP contribution in [0.2, 0.25) is 0 Å². The first-order chi connectivity index (χ1) is 9.88. The van der Waals surface area contributed by atoms with E-state index in [0.717, 1.165) is 5.01 Å². The number of hydrogen-bond acceptors (Lipinski definition) is 5. The molecule has 1 aliphatic rings. The summed E-state index contributed by atoms with van der Waals surface area (Å²) in [6.07, 6.45) is 0. The van der Waals surface area contributed by atoms with Crippen LogP contribution in [0.5, 0.6) is 0 Å². The number of nitrogens with zero attached hydrogens (tertiary/aromatic N) is 1. The maximum Gasteiger partial charge on any atom is 0.331 e. The number of carboxylic acid groups (broad SMARTS) is 1. The highest BCUT2D eigenvalue weighted by molar-refractivity contribution is 9.10. The number of likely N-dealkylation sites (N-methyl/N-ethyl adjacent to an activating group) is 1. The Hall–Kier alpha value is -1.93. The molecule has 8 heteroatoms. The number of carboxylic acids is 1. The van der Waals surface area contributed by atoms with Crippen molar-refractivity contribution in [1.82, 2.24) is 10.4 Å². The van der Waals surface area contributed by atoms with Crippen LogP contribution in [0.1, 0.15) is 5.56 Å². The Morgan fingerprint density at radius 2 is 2.19 bits per heavy atom. The summed E-state index contributed by atoms with van der Waals surface area (Å²) in [6.45, 7) is 0. The zero-order valence-corrected chi connectivity index (χ0v) is 12.8. The highest BCUT2D eigenvalue weighted by Gasteiger charge is 2.40. The van der Waals surface area contributed by atoms with Gasteiger partial charge in [0.25, 0.3) is 0 Å². The van der Waals surface area contributed by atoms with E-state index in [0.29, 0.717) is 0 Å². The molecule has 112 valence electrons. The summed E-state index contributed by atoms with van der Waals surface area (Å²) in [5.74, 6) is -2.87. The van der Waals surface area contributed by atoms with Crippen molar-refractivity contribution in [2.75, 3.05) is 14.2 Å². The Bertz CT molecular complexity index is 647. The SMILES string of the molecule is COC1=C(c2cccc(Br)c2F)NN(C)C(C(=O)O)C1=O. The van der Waals surface area contributed by atoms with Gasteiger partial charge >= 0.3 is 5.97 Å². The lowest BCUT2D eigenvalue weighted by Gasteiger charge is -2.32. The lowest BCUT2D eigenvalue weighted by atomic mass is 10.0. The Morgan fingerprint density at radius 3 is 2.76 bits per heavy atom. The molecule has 1 aliphatic heterocycles. The van der Waals surface area contributed by atoms with E-state index in [-0.39, 0.29) is 21.5 Å². The lowest BCUT2D eigenvalue weighted by molar-refractivity contribution is -0.149. The molecule has 2 N–H and O–H groups in total. The first kappa shape index (κ1) is 15.5. The molecule has 2 rings (SSSR count). The highest BCUT2D eigenvalue weighted by Crippen LogP contribution is 2.29. The monoisotopic (exact) mass is 358 g/mol. The van der Waals surface area contributed by atoms with Crippen LogP contribution in [0.15, 0.2) is 28.4 Å². The zero-order chi connectivity index (χ0) is 15.7. The van der Waals surface area contributed by atoms with E-state index < -0.39 is 23.6 Å². The molecule has 1 aromatic rings. The van der Waals surface area contributed by atoms with Crippen molar-refractivity contribution in [3.05, 3.63) is 39.8 Å². The number of ketones is 1. The number of carbonyl (C=O) groups is 2. The number of halogens is 2. The molecule has 0 bridgehead atoms. The molecule has 1 heterocycles. The lowest BCUT2D eigenvalue weighted by Crippen LogP contribution is -2.55. The predicted molar refractivity (Wildman–Crippen MR) is 75.4 cm³/mol. The fraction of sp³-hybridized carbons (Fsp3) is 0.231. The van der Waals surface area contributed by atoms with Crippen LogP contribution < -0.4 is 5.43 Å². The van der Waals surface area contributed by atoms with E-state index in [1.54, 1.807) is 6.07 Å². The average Bonchev–Trinajstić information content (AvgIpc) is 2.41. The third kappa shape index (κ3) is 2.64. The molecule has 0 saturated heterocycles. The summed E-state index contributed by atoms with van der Waals surface area (Å²) in [4.78, 5) is 23.3. The average molecular weight is 359 g/mol. The summed E-state index contributed by atoms with van der Waals surface area (Å²) < 4.78 is 19.4. The van der Waals surface area contributed by atoms with Crippen LogP contribution in [0.3, 0.4) is 0 Å². The van der Waals surface area contributed by atoms with E-state index in [1.165, 1.54) is 26.3 Å². The van der Waals surface area contributed by atoms with Gasteiger partial charge in [-0.05, 0) is 28.1 Å². The summed E-state index contributed by atoms with van der Waals surface area (Å²) in [5, 5.41) is 10.2. The molecule has 0 amide bonds. The van der Waals surface area contributed by atoms with Gasteiger partial charge in [0.1, 0.15) is 11.5 Å². The molecular formula is C13H12BrFN2O4. The van der Waals surface area contributed by atoms with Gasteiger partial charge in [-0.1, -0.05) is 6.07 Å². The van der Waals surface area contributed by atoms with Crippen LogP contribution >= 0.6 is 15.9 Å². The van der Waals surface area contributed by atoms with Gasteiger partial charge in [0.15, 0.2) is 11.8 Å². The fourth-order valence-corrected chi connectivity index (χ4v) is 2.44. The molecule has 6 nitrogen and oxygen atoms in total. The summed E-state index contributed by atoms with van der Waals surface area (Å²) in [6, 6.07) is 3.14. The van der Waals surface area contributed by atoms with Gasteiger partial charge < -0.3 is 15.3 Å². The van der Waals surface area contributed by atoms with Gasteiger partial charge in [0.05, 0.1) is 11.6 Å². The summed E-state index contributed by atoms with van der Waals surface area (Å²) >= 11 is 3.06. The largest absolute Gasteiger partial charge is 0.491 e. The number of hydrogen-bond donors (Lipinski definition) is 2. The minimum Gasteiger partial charge on any atom is -0.491 e. The fourth-order valence-electron chi connectivity index (χ4n) is 2.07. The Balaban J connectivity index is 2.61. The van der Waals surface area contributed by atoms with Crippen LogP contribution in [-0.2, 0) is 14.3 Å². The molecule has 1 aromatic carbocycles. The normalized spacial score (nSPS) is 19.4. The third-order valence-electron chi connectivity index (χ3n) is 3.03. The van der Waals surface area contributed by atoms with E-state index in [1.807, 2.05) is 0 Å². The van der Waals surface area contributed by atoms with Gasteiger partial charge in [-0.2, -0.15) is 0 Å². The molecule has 21 heavy (non-hydrogen) atoms. The Morgan fingerprint density at radius 1 is 1.52 bits per heavy atom. The second-order valence-electron chi connectivity index (χ2n) is 4.34.